The van der Waals surface area contributed by atoms with E-state index in [0.717, 1.165) is 10.9 Å². The van der Waals surface area contributed by atoms with Crippen LogP contribution in [-0.4, -0.2) is 28.5 Å². The Morgan fingerprint density at radius 3 is 2.76 bits per heavy atom. The highest BCUT2D eigenvalue weighted by Gasteiger charge is 2.24. The van der Waals surface area contributed by atoms with Gasteiger partial charge in [0.05, 0.1) is 5.52 Å². The molecule has 0 bridgehead atoms. The average molecular weight is 286 g/mol. The van der Waals surface area contributed by atoms with Crippen molar-refractivity contribution in [2.75, 3.05) is 6.54 Å². The predicted molar refractivity (Wildman–Crippen MR) is 81.3 cm³/mol. The molecule has 2 rings (SSSR count). The third kappa shape index (κ3) is 3.28. The van der Waals surface area contributed by atoms with Gasteiger partial charge >= 0.3 is 0 Å². The summed E-state index contributed by atoms with van der Waals surface area (Å²) in [6.45, 7) is 3.79. The van der Waals surface area contributed by atoms with Crippen LogP contribution in [0.2, 0.25) is 0 Å². The van der Waals surface area contributed by atoms with Crippen molar-refractivity contribution in [1.29, 1.82) is 0 Å². The Morgan fingerprint density at radius 2 is 2.05 bits per heavy atom. The van der Waals surface area contributed by atoms with Gasteiger partial charge in [-0.15, -0.1) is 0 Å². The summed E-state index contributed by atoms with van der Waals surface area (Å²) in [5.41, 5.74) is 6.05. The fourth-order valence-corrected chi connectivity index (χ4v) is 1.81. The number of nitrogens with one attached hydrogen (secondary N) is 1. The molecule has 0 aliphatic rings. The summed E-state index contributed by atoms with van der Waals surface area (Å²) in [5, 5.41) is 15.4. The largest absolute Gasteiger partial charge is 0.409 e. The van der Waals surface area contributed by atoms with Crippen LogP contribution in [0.25, 0.3) is 10.9 Å². The topological polar surface area (TPSA) is 101 Å². The number of amides is 1. The lowest BCUT2D eigenvalue weighted by Crippen LogP contribution is -2.42. The maximum absolute atomic E-state index is 12.1. The molecule has 0 aliphatic carbocycles. The lowest BCUT2D eigenvalue weighted by atomic mass is 9.92. The minimum atomic E-state index is -0.638. The third-order valence-electron chi connectivity index (χ3n) is 3.32. The van der Waals surface area contributed by atoms with Crippen molar-refractivity contribution in [3.05, 3.63) is 42.1 Å². The lowest BCUT2D eigenvalue weighted by Gasteiger charge is -2.22. The van der Waals surface area contributed by atoms with Crippen LogP contribution in [0.4, 0.5) is 0 Å². The number of pyridine rings is 1. The first-order valence-corrected chi connectivity index (χ1v) is 6.56. The zero-order chi connectivity index (χ0) is 15.5. The smallest absolute Gasteiger partial charge is 0.269 e. The van der Waals surface area contributed by atoms with Crippen LogP contribution in [0.15, 0.2) is 41.6 Å². The summed E-state index contributed by atoms with van der Waals surface area (Å²) in [6.07, 6.45) is 0. The molecule has 0 spiro atoms. The molecule has 0 saturated carbocycles. The van der Waals surface area contributed by atoms with Crippen molar-refractivity contribution in [1.82, 2.24) is 10.3 Å². The number of benzene rings is 1. The van der Waals surface area contributed by atoms with Crippen molar-refractivity contribution in [2.24, 2.45) is 16.3 Å². The van der Waals surface area contributed by atoms with Gasteiger partial charge in [-0.05, 0) is 12.1 Å². The molecule has 6 heteroatoms. The number of para-hydroxylation sites is 1. The van der Waals surface area contributed by atoms with Gasteiger partial charge in [0.15, 0.2) is 0 Å². The van der Waals surface area contributed by atoms with Crippen LogP contribution < -0.4 is 11.1 Å². The number of hydrogen-bond donors (Lipinski definition) is 3. The standard InChI is InChI=1S/C15H18N4O2/c1-15(2,14(16)19-21)9-17-13(20)12-8-7-10-5-3-4-6-11(10)18-12/h3-8,21H,9H2,1-2H3,(H2,16,19)(H,17,20). The number of nitrogens with two attached hydrogens (primary N) is 1. The SMILES string of the molecule is CC(C)(CNC(=O)c1ccc2ccccc2n1)/C(N)=N/O. The summed E-state index contributed by atoms with van der Waals surface area (Å²) >= 11 is 0. The van der Waals surface area contributed by atoms with Gasteiger partial charge in [-0.25, -0.2) is 4.98 Å². The predicted octanol–water partition coefficient (Wildman–Crippen LogP) is 1.74. The summed E-state index contributed by atoms with van der Waals surface area (Å²) in [7, 11) is 0. The van der Waals surface area contributed by atoms with Crippen LogP contribution in [0.3, 0.4) is 0 Å². The minimum absolute atomic E-state index is 0.0641. The first kappa shape index (κ1) is 14.8. The molecule has 2 aromatic rings. The molecule has 21 heavy (non-hydrogen) atoms. The van der Waals surface area contributed by atoms with Crippen LogP contribution in [0, 0.1) is 5.41 Å². The number of hydrogen-bond acceptors (Lipinski definition) is 4. The summed E-state index contributed by atoms with van der Waals surface area (Å²) in [6, 6.07) is 11.1. The zero-order valence-electron chi connectivity index (χ0n) is 12.0. The first-order valence-electron chi connectivity index (χ1n) is 6.56. The number of fused-ring (bicyclic) bond motifs is 1. The quantitative estimate of drug-likeness (QED) is 0.345. The van der Waals surface area contributed by atoms with Crippen LogP contribution >= 0.6 is 0 Å². The first-order chi connectivity index (χ1) is 9.94. The highest BCUT2D eigenvalue weighted by atomic mass is 16.4. The van der Waals surface area contributed by atoms with E-state index in [0.29, 0.717) is 5.69 Å². The Morgan fingerprint density at radius 1 is 1.33 bits per heavy atom. The number of carbonyl (C=O) groups is 1. The Bertz CT molecular complexity index is 695. The Kier molecular flexibility index (Phi) is 4.07. The Hall–Kier alpha value is -2.63. The summed E-state index contributed by atoms with van der Waals surface area (Å²) in [5.74, 6) is -0.228. The number of oxime groups is 1. The van der Waals surface area contributed by atoms with E-state index in [1.54, 1.807) is 19.9 Å². The number of carbonyl (C=O) groups excluding carboxylic acids is 1. The third-order valence-corrected chi connectivity index (χ3v) is 3.32. The van der Waals surface area contributed by atoms with E-state index >= 15 is 0 Å². The van der Waals surface area contributed by atoms with Crippen molar-refractivity contribution < 1.29 is 10.0 Å². The van der Waals surface area contributed by atoms with E-state index in [2.05, 4.69) is 15.5 Å². The summed E-state index contributed by atoms with van der Waals surface area (Å²) in [4.78, 5) is 16.4. The van der Waals surface area contributed by atoms with Crippen molar-refractivity contribution in [3.8, 4) is 0 Å². The maximum Gasteiger partial charge on any atom is 0.269 e. The van der Waals surface area contributed by atoms with E-state index in [9.17, 15) is 4.79 Å². The van der Waals surface area contributed by atoms with Gasteiger partial charge in [-0.1, -0.05) is 43.3 Å². The molecular weight excluding hydrogens is 268 g/mol. The molecule has 0 saturated heterocycles. The molecule has 110 valence electrons. The normalized spacial score (nSPS) is 12.4. The van der Waals surface area contributed by atoms with Gasteiger partial charge in [-0.3, -0.25) is 4.79 Å². The second-order valence-electron chi connectivity index (χ2n) is 5.44. The number of aromatic nitrogens is 1. The van der Waals surface area contributed by atoms with Crippen molar-refractivity contribution in [3.63, 3.8) is 0 Å². The number of amidine groups is 1. The van der Waals surface area contributed by atoms with Gasteiger partial charge < -0.3 is 16.3 Å². The van der Waals surface area contributed by atoms with Crippen LogP contribution in [0.1, 0.15) is 24.3 Å². The zero-order valence-corrected chi connectivity index (χ0v) is 12.0. The number of nitrogens with zero attached hydrogens (tertiary/aromatic N) is 2. The van der Waals surface area contributed by atoms with Gasteiger partial charge in [-0.2, -0.15) is 0 Å². The van der Waals surface area contributed by atoms with Crippen LogP contribution in [-0.2, 0) is 0 Å². The highest BCUT2D eigenvalue weighted by Crippen LogP contribution is 2.15. The maximum atomic E-state index is 12.1. The highest BCUT2D eigenvalue weighted by molar-refractivity contribution is 5.95. The van der Waals surface area contributed by atoms with Gasteiger partial charge in [0, 0.05) is 17.3 Å². The molecule has 0 atom stereocenters. The molecular formula is C15H18N4O2. The molecule has 6 nitrogen and oxygen atoms in total. The second kappa shape index (κ2) is 5.78. The van der Waals surface area contributed by atoms with Gasteiger partial charge in [0.25, 0.3) is 5.91 Å². The molecule has 4 N–H and O–H groups in total. The van der Waals surface area contributed by atoms with Gasteiger partial charge in [0.2, 0.25) is 0 Å². The minimum Gasteiger partial charge on any atom is -0.409 e. The van der Waals surface area contributed by atoms with E-state index < -0.39 is 5.41 Å². The average Bonchev–Trinajstić information content (AvgIpc) is 2.51. The molecule has 1 amide bonds. The van der Waals surface area contributed by atoms with Gasteiger partial charge in [0.1, 0.15) is 11.5 Å². The molecule has 0 fully saturated rings. The molecule has 0 aliphatic heterocycles. The van der Waals surface area contributed by atoms with E-state index in [4.69, 9.17) is 10.9 Å². The molecule has 1 aromatic carbocycles. The molecule has 1 heterocycles. The summed E-state index contributed by atoms with van der Waals surface area (Å²) < 4.78 is 0. The van der Waals surface area contributed by atoms with E-state index in [1.165, 1.54) is 0 Å². The fourth-order valence-electron chi connectivity index (χ4n) is 1.81. The Balaban J connectivity index is 2.12. The van der Waals surface area contributed by atoms with Crippen molar-refractivity contribution >= 4 is 22.6 Å². The molecule has 0 unspecified atom stereocenters. The Labute approximate surface area is 122 Å². The van der Waals surface area contributed by atoms with Crippen molar-refractivity contribution in [2.45, 2.75) is 13.8 Å². The molecule has 0 radical (unpaired) electrons. The number of rotatable bonds is 4. The lowest BCUT2D eigenvalue weighted by molar-refractivity contribution is 0.0939. The second-order valence-corrected chi connectivity index (χ2v) is 5.44. The molecule has 1 aromatic heterocycles. The fraction of sp³-hybridized carbons (Fsp3) is 0.267. The van der Waals surface area contributed by atoms with E-state index in [-0.39, 0.29) is 18.3 Å². The van der Waals surface area contributed by atoms with E-state index in [1.807, 2.05) is 30.3 Å². The van der Waals surface area contributed by atoms with Crippen LogP contribution in [0.5, 0.6) is 0 Å². The monoisotopic (exact) mass is 286 g/mol.